The first-order chi connectivity index (χ1) is 15.1. The van der Waals surface area contributed by atoms with Gasteiger partial charge in [0.1, 0.15) is 0 Å². The lowest BCUT2D eigenvalue weighted by Crippen LogP contribution is -1.83. The van der Waals surface area contributed by atoms with Crippen molar-refractivity contribution in [2.45, 2.75) is 26.2 Å². The van der Waals surface area contributed by atoms with Crippen LogP contribution in [0.15, 0.2) is 26.4 Å². The zero-order valence-corrected chi connectivity index (χ0v) is 22.1. The fourth-order valence-electron chi connectivity index (χ4n) is 3.21. The van der Waals surface area contributed by atoms with Crippen molar-refractivity contribution in [3.63, 3.8) is 0 Å². The normalized spacial score (nSPS) is 12.4. The zero-order chi connectivity index (χ0) is 21.4. The van der Waals surface area contributed by atoms with Crippen LogP contribution >= 0.6 is 79.4 Å². The molecule has 9 heteroatoms. The summed E-state index contributed by atoms with van der Waals surface area (Å²) in [6.45, 7) is 2.22. The quantitative estimate of drug-likeness (QED) is 0.208. The first-order valence-electron chi connectivity index (χ1n) is 9.62. The van der Waals surface area contributed by atoms with Gasteiger partial charge >= 0.3 is 0 Å². The zero-order valence-electron chi connectivity index (χ0n) is 16.3. The van der Waals surface area contributed by atoms with Gasteiger partial charge in [-0.15, -0.1) is 34.0 Å². The third kappa shape index (κ3) is 4.64. The van der Waals surface area contributed by atoms with Gasteiger partial charge in [-0.05, 0) is 48.8 Å². The van der Waals surface area contributed by atoms with E-state index in [-0.39, 0.29) is 8.11 Å². The second kappa shape index (κ2) is 9.35. The number of thiophene rings is 3. The smallest absolute Gasteiger partial charge is 0.265 e. The number of unbranched alkanes of at least 4 members (excludes halogenated alkanes) is 1. The SMILES string of the molecule is CCCCc1cc(/C=C/c2scc3sc(=O)sc23)sc1/C=C/c1scc2sc(=O)sc12. The van der Waals surface area contributed by atoms with Crippen molar-refractivity contribution in [3.05, 3.63) is 59.6 Å². The van der Waals surface area contributed by atoms with Crippen LogP contribution in [0.25, 0.3) is 43.1 Å². The largest absolute Gasteiger partial charge is 0.288 e. The minimum Gasteiger partial charge on any atom is -0.265 e. The van der Waals surface area contributed by atoms with Crippen LogP contribution in [-0.4, -0.2) is 0 Å². The Morgan fingerprint density at radius 1 is 0.742 bits per heavy atom. The highest BCUT2D eigenvalue weighted by Crippen LogP contribution is 2.35. The first-order valence-corrected chi connectivity index (χ1v) is 15.5. The molecule has 5 rings (SSSR count). The van der Waals surface area contributed by atoms with Crippen molar-refractivity contribution in [3.8, 4) is 0 Å². The average Bonchev–Trinajstić information content (AvgIpc) is 3.52. The summed E-state index contributed by atoms with van der Waals surface area (Å²) < 4.78 is 4.74. The topological polar surface area (TPSA) is 34.1 Å². The molecule has 5 aromatic rings. The molecule has 0 saturated heterocycles. The number of aryl methyl sites for hydroxylation is 1. The molecule has 0 saturated carbocycles. The van der Waals surface area contributed by atoms with E-state index in [0.29, 0.717) is 0 Å². The Labute approximate surface area is 206 Å². The highest BCUT2D eigenvalue weighted by molar-refractivity contribution is 7.39. The Balaban J connectivity index is 1.45. The molecule has 0 spiro atoms. The van der Waals surface area contributed by atoms with Crippen LogP contribution in [0, 0.1) is 0 Å². The Kier molecular flexibility index (Phi) is 6.52. The second-order valence-electron chi connectivity index (χ2n) is 6.80. The van der Waals surface area contributed by atoms with Crippen LogP contribution in [0.4, 0.5) is 0 Å². The Morgan fingerprint density at radius 3 is 1.94 bits per heavy atom. The van der Waals surface area contributed by atoms with Crippen molar-refractivity contribution in [1.82, 2.24) is 0 Å². The van der Waals surface area contributed by atoms with Gasteiger partial charge in [-0.2, -0.15) is 0 Å². The van der Waals surface area contributed by atoms with Crippen molar-refractivity contribution in [2.75, 3.05) is 0 Å². The standard InChI is InChI=1S/C22H16O2S7/c1-2-3-4-12-9-13(5-6-15-19-17(10-25-15)28-21(23)30-19)27-14(12)7-8-16-20-18(11-26-16)29-22(24)31-20/h5-11H,2-4H2,1H3/b6-5+,8-7+. The third-order valence-electron chi connectivity index (χ3n) is 4.68. The predicted molar refractivity (Wildman–Crippen MR) is 148 cm³/mol. The van der Waals surface area contributed by atoms with Gasteiger partial charge in [0, 0.05) is 30.3 Å². The summed E-state index contributed by atoms with van der Waals surface area (Å²) in [5.74, 6) is 0. The monoisotopic (exact) mass is 536 g/mol. The molecule has 158 valence electrons. The van der Waals surface area contributed by atoms with E-state index in [1.165, 1.54) is 78.4 Å². The molecule has 0 unspecified atom stereocenters. The Bertz CT molecular complexity index is 1520. The third-order valence-corrected chi connectivity index (χ3v) is 12.5. The summed E-state index contributed by atoms with van der Waals surface area (Å²) in [7, 11) is 0. The van der Waals surface area contributed by atoms with E-state index in [1.54, 1.807) is 34.0 Å². The van der Waals surface area contributed by atoms with E-state index in [9.17, 15) is 9.59 Å². The minimum absolute atomic E-state index is 0.163. The molecule has 0 amide bonds. The van der Waals surface area contributed by atoms with E-state index in [2.05, 4.69) is 48.1 Å². The number of hydrogen-bond donors (Lipinski definition) is 0. The van der Waals surface area contributed by atoms with Gasteiger partial charge in [0.15, 0.2) is 0 Å². The minimum atomic E-state index is 0.163. The summed E-state index contributed by atoms with van der Waals surface area (Å²) in [5, 5.41) is 4.16. The van der Waals surface area contributed by atoms with Crippen LogP contribution < -0.4 is 8.11 Å². The second-order valence-corrected chi connectivity index (χ2v) is 14.3. The van der Waals surface area contributed by atoms with Crippen molar-refractivity contribution >= 4 is 122 Å². The van der Waals surface area contributed by atoms with Crippen molar-refractivity contribution in [1.29, 1.82) is 0 Å². The summed E-state index contributed by atoms with van der Waals surface area (Å²) in [6.07, 6.45) is 12.1. The highest BCUT2D eigenvalue weighted by atomic mass is 32.2. The summed E-state index contributed by atoms with van der Waals surface area (Å²) in [5.41, 5.74) is 1.38. The van der Waals surface area contributed by atoms with Gasteiger partial charge in [0.05, 0.1) is 18.8 Å². The average molecular weight is 537 g/mol. The summed E-state index contributed by atoms with van der Waals surface area (Å²) >= 11 is 10.6. The van der Waals surface area contributed by atoms with Crippen LogP contribution in [0.5, 0.6) is 0 Å². The Morgan fingerprint density at radius 2 is 1.32 bits per heavy atom. The molecule has 0 aliphatic carbocycles. The highest BCUT2D eigenvalue weighted by Gasteiger charge is 2.10. The summed E-state index contributed by atoms with van der Waals surface area (Å²) in [6, 6.07) is 2.30. The molecule has 0 aliphatic rings. The van der Waals surface area contributed by atoms with Crippen LogP contribution in [0.2, 0.25) is 0 Å². The van der Waals surface area contributed by atoms with E-state index >= 15 is 0 Å². The van der Waals surface area contributed by atoms with Gasteiger partial charge in [0.2, 0.25) is 0 Å². The number of hydrogen-bond acceptors (Lipinski definition) is 9. The maximum atomic E-state index is 11.7. The fraction of sp³-hybridized carbons (Fsp3) is 0.182. The van der Waals surface area contributed by atoms with Gasteiger partial charge in [0.25, 0.3) is 8.11 Å². The molecule has 0 atom stereocenters. The lowest BCUT2D eigenvalue weighted by molar-refractivity contribution is 0.796. The molecular formula is C22H16O2S7. The molecule has 0 aliphatic heterocycles. The number of rotatable bonds is 7. The van der Waals surface area contributed by atoms with Gasteiger partial charge in [-0.1, -0.05) is 58.7 Å². The first kappa shape index (κ1) is 21.6. The van der Waals surface area contributed by atoms with Crippen molar-refractivity contribution < 1.29 is 0 Å². The molecule has 0 N–H and O–H groups in total. The molecule has 0 radical (unpaired) electrons. The molecule has 0 bridgehead atoms. The van der Waals surface area contributed by atoms with Crippen molar-refractivity contribution in [2.24, 2.45) is 0 Å². The van der Waals surface area contributed by atoms with E-state index in [4.69, 9.17) is 0 Å². The van der Waals surface area contributed by atoms with E-state index < -0.39 is 0 Å². The Hall–Kier alpha value is -1.20. The fourth-order valence-corrected chi connectivity index (χ4v) is 10.8. The molecule has 5 heterocycles. The van der Waals surface area contributed by atoms with E-state index in [1.807, 2.05) is 0 Å². The van der Waals surface area contributed by atoms with E-state index in [0.717, 1.165) is 30.1 Å². The van der Waals surface area contributed by atoms with Crippen LogP contribution in [-0.2, 0) is 6.42 Å². The molecular weight excluding hydrogens is 521 g/mol. The van der Waals surface area contributed by atoms with Crippen LogP contribution in [0.3, 0.4) is 0 Å². The molecule has 31 heavy (non-hydrogen) atoms. The van der Waals surface area contributed by atoms with Gasteiger partial charge in [-0.3, -0.25) is 9.59 Å². The maximum absolute atomic E-state index is 11.7. The number of fused-ring (bicyclic) bond motifs is 2. The predicted octanol–water partition coefficient (Wildman–Crippen LogP) is 8.83. The lowest BCUT2D eigenvalue weighted by atomic mass is 10.1. The molecule has 5 aromatic heterocycles. The molecule has 0 fully saturated rings. The molecule has 0 aromatic carbocycles. The summed E-state index contributed by atoms with van der Waals surface area (Å²) in [4.78, 5) is 28.2. The van der Waals surface area contributed by atoms with Crippen LogP contribution in [0.1, 0.15) is 44.8 Å². The maximum Gasteiger partial charge on any atom is 0.288 e. The molecule has 2 nitrogen and oxygen atoms in total. The lowest BCUT2D eigenvalue weighted by Gasteiger charge is -1.97. The van der Waals surface area contributed by atoms with Gasteiger partial charge < -0.3 is 0 Å². The van der Waals surface area contributed by atoms with Gasteiger partial charge in [-0.25, -0.2) is 0 Å².